The number of esters is 1. The summed E-state index contributed by atoms with van der Waals surface area (Å²) >= 11 is 3.28. The van der Waals surface area contributed by atoms with E-state index in [-0.39, 0.29) is 16.9 Å². The first-order chi connectivity index (χ1) is 10.5. The Bertz CT molecular complexity index is 711. The van der Waals surface area contributed by atoms with Crippen molar-refractivity contribution >= 4 is 27.9 Å². The number of halogens is 1. The van der Waals surface area contributed by atoms with Crippen molar-refractivity contribution in [3.8, 4) is 11.5 Å². The minimum atomic E-state index is -1.16. The Hall–Kier alpha value is -2.34. The summed E-state index contributed by atoms with van der Waals surface area (Å²) in [6.45, 7) is 2.20. The van der Waals surface area contributed by atoms with Crippen molar-refractivity contribution in [1.29, 1.82) is 0 Å². The predicted octanol–water partition coefficient (Wildman–Crippen LogP) is 3.77. The fourth-order valence-electron chi connectivity index (χ4n) is 1.83. The van der Waals surface area contributed by atoms with Gasteiger partial charge in [-0.1, -0.05) is 28.1 Å². The second-order valence-corrected chi connectivity index (χ2v) is 5.18. The molecule has 0 saturated carbocycles. The number of carbonyl (C=O) groups excluding carboxylic acids is 1. The molecule has 0 atom stereocenters. The third kappa shape index (κ3) is 3.65. The van der Waals surface area contributed by atoms with E-state index in [0.29, 0.717) is 16.8 Å². The van der Waals surface area contributed by atoms with Crippen LogP contribution in [0.5, 0.6) is 11.5 Å². The van der Waals surface area contributed by atoms with E-state index in [0.717, 1.165) is 0 Å². The molecule has 2 aromatic carbocycles. The van der Waals surface area contributed by atoms with Crippen molar-refractivity contribution in [2.24, 2.45) is 0 Å². The van der Waals surface area contributed by atoms with E-state index < -0.39 is 11.9 Å². The molecule has 0 aliphatic heterocycles. The number of carbonyl (C=O) groups is 2. The molecule has 0 amide bonds. The number of rotatable bonds is 5. The smallest absolute Gasteiger partial charge is 0.347 e. The molecule has 0 aliphatic rings. The van der Waals surface area contributed by atoms with Crippen molar-refractivity contribution in [2.45, 2.75) is 6.92 Å². The van der Waals surface area contributed by atoms with E-state index in [1.165, 1.54) is 12.1 Å². The van der Waals surface area contributed by atoms with Gasteiger partial charge in [-0.2, -0.15) is 0 Å². The zero-order valence-corrected chi connectivity index (χ0v) is 13.3. The molecule has 0 unspecified atom stereocenters. The zero-order chi connectivity index (χ0) is 16.1. The van der Waals surface area contributed by atoms with Gasteiger partial charge in [0, 0.05) is 4.47 Å². The minimum absolute atomic E-state index is 0.0116. The molecule has 0 radical (unpaired) electrons. The normalized spacial score (nSPS) is 10.1. The van der Waals surface area contributed by atoms with Crippen LogP contribution in [0.3, 0.4) is 0 Å². The zero-order valence-electron chi connectivity index (χ0n) is 11.7. The van der Waals surface area contributed by atoms with E-state index >= 15 is 0 Å². The molecule has 114 valence electrons. The van der Waals surface area contributed by atoms with Gasteiger partial charge in [-0.15, -0.1) is 0 Å². The maximum Gasteiger partial charge on any atom is 0.347 e. The molecule has 2 rings (SSSR count). The fraction of sp³-hybridized carbons (Fsp3) is 0.125. The largest absolute Gasteiger partial charge is 0.493 e. The Balaban J connectivity index is 2.34. The van der Waals surface area contributed by atoms with Crippen molar-refractivity contribution in [3.63, 3.8) is 0 Å². The topological polar surface area (TPSA) is 72.8 Å². The van der Waals surface area contributed by atoms with Gasteiger partial charge in [0.15, 0.2) is 0 Å². The summed E-state index contributed by atoms with van der Waals surface area (Å²) < 4.78 is 11.3. The predicted molar refractivity (Wildman–Crippen MR) is 83.7 cm³/mol. The van der Waals surface area contributed by atoms with Crippen LogP contribution in [-0.4, -0.2) is 23.7 Å². The fourth-order valence-corrected chi connectivity index (χ4v) is 2.19. The van der Waals surface area contributed by atoms with Gasteiger partial charge in [-0.3, -0.25) is 0 Å². The molecule has 0 fully saturated rings. The standard InChI is InChI=1S/C16H13BrO5/c1-2-21-13-8-7-10(17)9-12(13)16(20)22-14-6-4-3-5-11(14)15(18)19/h3-9H,2H2,1H3,(H,18,19). The first-order valence-electron chi connectivity index (χ1n) is 6.49. The Morgan fingerprint density at radius 3 is 2.50 bits per heavy atom. The summed E-state index contributed by atoms with van der Waals surface area (Å²) in [7, 11) is 0. The van der Waals surface area contributed by atoms with Crippen LogP contribution in [0, 0.1) is 0 Å². The first kappa shape index (κ1) is 16.0. The lowest BCUT2D eigenvalue weighted by molar-refractivity contribution is 0.0680. The summed E-state index contributed by atoms with van der Waals surface area (Å²) in [4.78, 5) is 23.5. The average molecular weight is 365 g/mol. The molecule has 1 N–H and O–H groups in total. The third-order valence-electron chi connectivity index (χ3n) is 2.78. The highest BCUT2D eigenvalue weighted by Gasteiger charge is 2.19. The highest BCUT2D eigenvalue weighted by molar-refractivity contribution is 9.10. The maximum absolute atomic E-state index is 12.3. The molecule has 5 nitrogen and oxygen atoms in total. The summed E-state index contributed by atoms with van der Waals surface area (Å²) in [5.74, 6) is -1.48. The van der Waals surface area contributed by atoms with E-state index in [9.17, 15) is 9.59 Å². The molecule has 0 aromatic heterocycles. The van der Waals surface area contributed by atoms with Crippen molar-refractivity contribution in [3.05, 3.63) is 58.1 Å². The average Bonchev–Trinajstić information content (AvgIpc) is 2.49. The van der Waals surface area contributed by atoms with Gasteiger partial charge in [0.05, 0.1) is 6.61 Å². The number of hydrogen-bond donors (Lipinski definition) is 1. The van der Waals surface area contributed by atoms with Crippen molar-refractivity contribution < 1.29 is 24.2 Å². The molecular formula is C16H13BrO5. The highest BCUT2D eigenvalue weighted by atomic mass is 79.9. The van der Waals surface area contributed by atoms with Crippen LogP contribution in [0.1, 0.15) is 27.6 Å². The van der Waals surface area contributed by atoms with E-state index in [4.69, 9.17) is 14.6 Å². The molecule has 0 bridgehead atoms. The molecular weight excluding hydrogens is 352 g/mol. The maximum atomic E-state index is 12.3. The molecule has 0 aliphatic carbocycles. The van der Waals surface area contributed by atoms with E-state index in [2.05, 4.69) is 15.9 Å². The SMILES string of the molecule is CCOc1ccc(Br)cc1C(=O)Oc1ccccc1C(=O)O. The van der Waals surface area contributed by atoms with Gasteiger partial charge in [-0.25, -0.2) is 9.59 Å². The Morgan fingerprint density at radius 2 is 1.82 bits per heavy atom. The number of ether oxygens (including phenoxy) is 2. The van der Waals surface area contributed by atoms with Gasteiger partial charge in [-0.05, 0) is 37.3 Å². The lowest BCUT2D eigenvalue weighted by Crippen LogP contribution is -2.13. The van der Waals surface area contributed by atoms with Crippen LogP contribution in [0.25, 0.3) is 0 Å². The minimum Gasteiger partial charge on any atom is -0.493 e. The summed E-state index contributed by atoms with van der Waals surface area (Å²) in [6.07, 6.45) is 0. The van der Waals surface area contributed by atoms with Crippen LogP contribution in [-0.2, 0) is 0 Å². The molecule has 2 aromatic rings. The first-order valence-corrected chi connectivity index (χ1v) is 7.29. The van der Waals surface area contributed by atoms with E-state index in [1.807, 2.05) is 0 Å². The Kier molecular flexibility index (Phi) is 5.16. The van der Waals surface area contributed by atoms with Crippen LogP contribution < -0.4 is 9.47 Å². The quantitative estimate of drug-likeness (QED) is 0.645. The monoisotopic (exact) mass is 364 g/mol. The third-order valence-corrected chi connectivity index (χ3v) is 3.27. The second kappa shape index (κ2) is 7.09. The number of carboxylic acids is 1. The van der Waals surface area contributed by atoms with Gasteiger partial charge in [0.1, 0.15) is 22.6 Å². The molecule has 0 heterocycles. The second-order valence-electron chi connectivity index (χ2n) is 4.26. The lowest BCUT2D eigenvalue weighted by atomic mass is 10.2. The number of aromatic carboxylic acids is 1. The number of benzene rings is 2. The van der Waals surface area contributed by atoms with Gasteiger partial charge in [0.2, 0.25) is 0 Å². The van der Waals surface area contributed by atoms with Crippen molar-refractivity contribution in [2.75, 3.05) is 6.61 Å². The summed E-state index contributed by atoms with van der Waals surface area (Å²) in [6, 6.07) is 10.9. The lowest BCUT2D eigenvalue weighted by Gasteiger charge is -2.11. The summed E-state index contributed by atoms with van der Waals surface area (Å²) in [5.41, 5.74) is 0.139. The molecule has 0 saturated heterocycles. The molecule has 22 heavy (non-hydrogen) atoms. The van der Waals surface area contributed by atoms with Crippen LogP contribution >= 0.6 is 15.9 Å². The van der Waals surface area contributed by atoms with Gasteiger partial charge >= 0.3 is 11.9 Å². The number of para-hydroxylation sites is 1. The Labute approximate surface area is 135 Å². The van der Waals surface area contributed by atoms with Crippen LogP contribution in [0.4, 0.5) is 0 Å². The number of carboxylic acid groups (broad SMARTS) is 1. The molecule has 6 heteroatoms. The van der Waals surface area contributed by atoms with Crippen LogP contribution in [0.2, 0.25) is 0 Å². The Morgan fingerprint density at radius 1 is 1.09 bits per heavy atom. The van der Waals surface area contributed by atoms with Gasteiger partial charge < -0.3 is 14.6 Å². The van der Waals surface area contributed by atoms with E-state index in [1.54, 1.807) is 37.3 Å². The van der Waals surface area contributed by atoms with Crippen molar-refractivity contribution in [1.82, 2.24) is 0 Å². The molecule has 0 spiro atoms. The number of hydrogen-bond acceptors (Lipinski definition) is 4. The summed E-state index contributed by atoms with van der Waals surface area (Å²) in [5, 5.41) is 9.11. The van der Waals surface area contributed by atoms with Gasteiger partial charge in [0.25, 0.3) is 0 Å². The van der Waals surface area contributed by atoms with Crippen LogP contribution in [0.15, 0.2) is 46.9 Å². The highest BCUT2D eigenvalue weighted by Crippen LogP contribution is 2.26.